The molecule has 3 aromatic rings. The molecule has 0 aromatic carbocycles. The molecule has 246 valence electrons. The number of imidazole rings is 1. The molecule has 2 saturated carbocycles. The first kappa shape index (κ1) is 32.5. The Morgan fingerprint density at radius 1 is 0.911 bits per heavy atom. The van der Waals surface area contributed by atoms with Gasteiger partial charge in [-0.25, -0.2) is 18.3 Å². The summed E-state index contributed by atoms with van der Waals surface area (Å²) in [5, 5.41) is 17.2. The maximum Gasteiger partial charge on any atom is 0.390 e. The van der Waals surface area contributed by atoms with Gasteiger partial charge in [-0.15, -0.1) is 5.10 Å². The van der Waals surface area contributed by atoms with Gasteiger partial charge in [-0.3, -0.25) is 9.59 Å². The van der Waals surface area contributed by atoms with Crippen LogP contribution in [0.15, 0.2) is 24.7 Å². The fraction of sp³-hybridized carbons (Fsp3) is 0.630. The highest BCUT2D eigenvalue weighted by Crippen LogP contribution is 2.43. The molecule has 0 radical (unpaired) electrons. The molecule has 18 heteroatoms. The summed E-state index contributed by atoms with van der Waals surface area (Å²) in [6.07, 6.45) is -7.30. The van der Waals surface area contributed by atoms with Crippen molar-refractivity contribution in [2.45, 2.75) is 94.7 Å². The van der Waals surface area contributed by atoms with Crippen molar-refractivity contribution < 1.29 is 44.7 Å². The van der Waals surface area contributed by atoms with Crippen LogP contribution < -0.4 is 10.6 Å². The second-order valence-electron chi connectivity index (χ2n) is 11.6. The van der Waals surface area contributed by atoms with Crippen LogP contribution in [0.2, 0.25) is 0 Å². The first-order chi connectivity index (χ1) is 21.1. The maximum atomic E-state index is 14.0. The Kier molecular flexibility index (Phi) is 9.04. The van der Waals surface area contributed by atoms with E-state index in [1.807, 2.05) is 0 Å². The van der Waals surface area contributed by atoms with Crippen LogP contribution in [-0.4, -0.2) is 59.7 Å². The molecule has 2 amide bonds. The lowest BCUT2D eigenvalue weighted by Crippen LogP contribution is -2.37. The van der Waals surface area contributed by atoms with Crippen molar-refractivity contribution in [1.29, 1.82) is 0 Å². The van der Waals surface area contributed by atoms with Gasteiger partial charge in [0.05, 0.1) is 55.8 Å². The average Bonchev–Trinajstić information content (AvgIpc) is 3.52. The Balaban J connectivity index is 1.36. The quantitative estimate of drug-likeness (QED) is 0.266. The number of hydrogen-bond acceptors (Lipinski definition) is 6. The molecule has 2 fully saturated rings. The normalized spacial score (nSPS) is 18.9. The Labute approximate surface area is 250 Å². The molecule has 2 atom stereocenters. The summed E-state index contributed by atoms with van der Waals surface area (Å²) in [6.45, 7) is -0.594. The van der Waals surface area contributed by atoms with Gasteiger partial charge < -0.3 is 10.6 Å². The van der Waals surface area contributed by atoms with E-state index >= 15 is 0 Å². The molecule has 10 nitrogen and oxygen atoms in total. The van der Waals surface area contributed by atoms with Crippen molar-refractivity contribution in [3.63, 3.8) is 0 Å². The summed E-state index contributed by atoms with van der Waals surface area (Å²) in [4.78, 5) is 30.7. The van der Waals surface area contributed by atoms with Crippen LogP contribution in [0.1, 0.15) is 91.6 Å². The van der Waals surface area contributed by atoms with Crippen LogP contribution in [-0.2, 0) is 11.3 Å². The predicted octanol–water partition coefficient (Wildman–Crippen LogP) is 5.48. The summed E-state index contributed by atoms with van der Waals surface area (Å²) >= 11 is 0. The molecule has 2 aliphatic rings. The molecule has 1 unspecified atom stereocenters. The number of carbonyl (C=O) groups is 2. The summed E-state index contributed by atoms with van der Waals surface area (Å²) in [5.74, 6) is -4.84. The molecule has 0 saturated heterocycles. The zero-order valence-corrected chi connectivity index (χ0v) is 23.7. The fourth-order valence-corrected chi connectivity index (χ4v) is 5.41. The number of rotatable bonds is 11. The van der Waals surface area contributed by atoms with Crippen LogP contribution in [0.3, 0.4) is 0 Å². The number of fused-ring (bicyclic) bond motifs is 1. The standard InChI is InChI=1S/C27H30F8N8O2/c28-25(29)6-3-16(4-7-25)23(40-24(45)18-13-37-43(41-18)10-9-27(33,34)35)19-14-42-20(38-19)11-17(12-36-42)22(15-1-2-15)39-21(44)5-8-26(30,31)32/h11-16,22-23H,1-10H2,(H,39,44)(H,40,45)/t22?,23-/m0/s1. The molecule has 45 heavy (non-hydrogen) atoms. The van der Waals surface area contributed by atoms with Crippen molar-refractivity contribution in [2.24, 2.45) is 11.8 Å². The smallest absolute Gasteiger partial charge is 0.349 e. The molecule has 3 heterocycles. The molecule has 0 bridgehead atoms. The highest BCUT2D eigenvalue weighted by atomic mass is 19.4. The van der Waals surface area contributed by atoms with E-state index in [4.69, 9.17) is 0 Å². The van der Waals surface area contributed by atoms with E-state index in [1.54, 1.807) is 6.07 Å². The second kappa shape index (κ2) is 12.5. The van der Waals surface area contributed by atoms with Gasteiger partial charge in [-0.1, -0.05) is 0 Å². The number of carbonyl (C=O) groups excluding carboxylic acids is 2. The molecular formula is C27H30F8N8O2. The van der Waals surface area contributed by atoms with E-state index in [1.165, 1.54) is 16.9 Å². The minimum absolute atomic E-state index is 0.0130. The molecule has 3 aromatic heterocycles. The lowest BCUT2D eigenvalue weighted by Gasteiger charge is -2.33. The molecular weight excluding hydrogens is 620 g/mol. The maximum absolute atomic E-state index is 14.0. The van der Waals surface area contributed by atoms with Gasteiger partial charge in [0.15, 0.2) is 11.3 Å². The van der Waals surface area contributed by atoms with Gasteiger partial charge in [0, 0.05) is 19.3 Å². The van der Waals surface area contributed by atoms with Crippen molar-refractivity contribution in [1.82, 2.24) is 40.2 Å². The highest BCUT2D eigenvalue weighted by Gasteiger charge is 2.40. The summed E-state index contributed by atoms with van der Waals surface area (Å²) in [5.41, 5.74) is 0.831. The number of nitrogens with one attached hydrogen (secondary N) is 2. The minimum Gasteiger partial charge on any atom is -0.349 e. The first-order valence-electron chi connectivity index (χ1n) is 14.4. The third-order valence-corrected chi connectivity index (χ3v) is 7.97. The number of nitrogens with zero attached hydrogens (tertiary/aromatic N) is 6. The zero-order valence-electron chi connectivity index (χ0n) is 23.7. The lowest BCUT2D eigenvalue weighted by atomic mass is 9.81. The van der Waals surface area contributed by atoms with Crippen LogP contribution in [0.4, 0.5) is 35.1 Å². The Bertz CT molecular complexity index is 1500. The lowest BCUT2D eigenvalue weighted by molar-refractivity contribution is -0.144. The largest absolute Gasteiger partial charge is 0.390 e. The predicted molar refractivity (Wildman–Crippen MR) is 140 cm³/mol. The molecule has 0 spiro atoms. The van der Waals surface area contributed by atoms with Crippen LogP contribution in [0.25, 0.3) is 5.65 Å². The Morgan fingerprint density at radius 2 is 1.58 bits per heavy atom. The average molecular weight is 651 g/mol. The van der Waals surface area contributed by atoms with Gasteiger partial charge in [-0.05, 0) is 49.1 Å². The number of halogens is 8. The SMILES string of the molecule is O=C(CCC(F)(F)F)NC(c1cnn2cc([C@@H](NC(=O)c3cnn(CCC(F)(F)F)n3)C3CCC(F)(F)CC3)nc2c1)C1CC1. The summed E-state index contributed by atoms with van der Waals surface area (Å²) in [7, 11) is 0. The number of hydrogen-bond donors (Lipinski definition) is 2. The van der Waals surface area contributed by atoms with Gasteiger partial charge >= 0.3 is 12.4 Å². The first-order valence-corrected chi connectivity index (χ1v) is 14.4. The number of aromatic nitrogens is 6. The van der Waals surface area contributed by atoms with Crippen LogP contribution in [0, 0.1) is 11.8 Å². The molecule has 2 aliphatic carbocycles. The second-order valence-corrected chi connectivity index (χ2v) is 11.6. The van der Waals surface area contributed by atoms with E-state index in [9.17, 15) is 44.7 Å². The van der Waals surface area contributed by atoms with Crippen molar-refractivity contribution in [3.05, 3.63) is 41.6 Å². The summed E-state index contributed by atoms with van der Waals surface area (Å²) < 4.78 is 105. The van der Waals surface area contributed by atoms with Gasteiger partial charge in [-0.2, -0.15) is 41.3 Å². The highest BCUT2D eigenvalue weighted by molar-refractivity contribution is 5.92. The zero-order chi connectivity index (χ0) is 32.6. The Morgan fingerprint density at radius 3 is 2.22 bits per heavy atom. The minimum atomic E-state index is -4.47. The van der Waals surface area contributed by atoms with E-state index in [2.05, 4.69) is 30.9 Å². The number of aryl methyl sites for hydroxylation is 1. The Hall–Kier alpha value is -3.86. The van der Waals surface area contributed by atoms with Gasteiger partial charge in [0.1, 0.15) is 0 Å². The van der Waals surface area contributed by atoms with Gasteiger partial charge in [0.2, 0.25) is 11.8 Å². The fourth-order valence-electron chi connectivity index (χ4n) is 5.41. The third-order valence-electron chi connectivity index (χ3n) is 7.97. The van der Waals surface area contributed by atoms with Crippen molar-refractivity contribution in [3.8, 4) is 0 Å². The van der Waals surface area contributed by atoms with E-state index in [0.29, 0.717) is 5.56 Å². The monoisotopic (exact) mass is 650 g/mol. The van der Waals surface area contributed by atoms with Crippen LogP contribution >= 0.6 is 0 Å². The van der Waals surface area contributed by atoms with Crippen molar-refractivity contribution in [2.75, 3.05) is 0 Å². The number of alkyl halides is 8. The van der Waals surface area contributed by atoms with E-state index < -0.39 is 86.7 Å². The summed E-state index contributed by atoms with van der Waals surface area (Å²) in [6, 6.07) is 0.142. The van der Waals surface area contributed by atoms with E-state index in [-0.39, 0.29) is 35.8 Å². The topological polar surface area (TPSA) is 119 Å². The van der Waals surface area contributed by atoms with Crippen molar-refractivity contribution >= 4 is 17.5 Å². The molecule has 2 N–H and O–H groups in total. The molecule has 5 rings (SSSR count). The van der Waals surface area contributed by atoms with Crippen LogP contribution in [0.5, 0.6) is 0 Å². The third kappa shape index (κ3) is 8.87. The number of amides is 2. The molecule has 0 aliphatic heterocycles. The van der Waals surface area contributed by atoms with Gasteiger partial charge in [0.25, 0.3) is 5.91 Å². The van der Waals surface area contributed by atoms with E-state index in [0.717, 1.165) is 23.8 Å².